The maximum absolute atomic E-state index is 6.34. The topological polar surface area (TPSA) is 26.0 Å². The smallest absolute Gasteiger partial charge is 0.0582 e. The first kappa shape index (κ1) is 16.0. The number of hydrogen-bond donors (Lipinski definition) is 1. The molecule has 1 unspecified atom stereocenters. The Kier molecular flexibility index (Phi) is 6.09. The summed E-state index contributed by atoms with van der Waals surface area (Å²) in [5, 5.41) is 2.43. The van der Waals surface area contributed by atoms with Crippen molar-refractivity contribution in [3.05, 3.63) is 63.6 Å². The lowest BCUT2D eigenvalue weighted by atomic mass is 10.0. The Morgan fingerprint density at radius 1 is 1.10 bits per heavy atom. The third-order valence-corrected chi connectivity index (χ3v) is 5.66. The van der Waals surface area contributed by atoms with Crippen molar-refractivity contribution >= 4 is 56.6 Å². The van der Waals surface area contributed by atoms with Crippen LogP contribution in [0.2, 0.25) is 10.0 Å². The van der Waals surface area contributed by atoms with Crippen molar-refractivity contribution in [1.82, 2.24) is 0 Å². The first-order valence-electron chi connectivity index (χ1n) is 6.10. The average molecular weight is 391 g/mol. The minimum absolute atomic E-state index is 0.0833. The molecule has 0 radical (unpaired) electrons. The molecule has 2 aromatic carbocycles. The quantitative estimate of drug-likeness (QED) is 0.516. The molecule has 0 amide bonds. The van der Waals surface area contributed by atoms with Gasteiger partial charge in [0.15, 0.2) is 0 Å². The molecular weight excluding hydrogens is 377 g/mol. The second kappa shape index (κ2) is 7.60. The number of alkyl halides is 1. The number of anilines is 1. The molecule has 0 aliphatic carbocycles. The predicted molar refractivity (Wildman–Crippen MR) is 95.4 cm³/mol. The lowest BCUT2D eigenvalue weighted by molar-refractivity contribution is 1.16. The molecule has 1 nitrogen and oxygen atoms in total. The lowest BCUT2D eigenvalue weighted by Crippen LogP contribution is -2.03. The third-order valence-electron chi connectivity index (χ3n) is 2.88. The molecule has 0 fully saturated rings. The molecule has 2 N–H and O–H groups in total. The van der Waals surface area contributed by atoms with E-state index in [4.69, 9.17) is 28.9 Å². The Balaban J connectivity index is 2.47. The van der Waals surface area contributed by atoms with Crippen LogP contribution in [0.3, 0.4) is 0 Å². The van der Waals surface area contributed by atoms with E-state index in [0.29, 0.717) is 5.02 Å². The maximum Gasteiger partial charge on any atom is 0.0582 e. The molecule has 1 atom stereocenters. The van der Waals surface area contributed by atoms with Crippen LogP contribution in [-0.4, -0.2) is 11.1 Å². The predicted octanol–water partition coefficient (Wildman–Crippen LogP) is 5.79. The van der Waals surface area contributed by atoms with E-state index in [1.807, 2.05) is 36.4 Å². The van der Waals surface area contributed by atoms with Crippen LogP contribution >= 0.6 is 50.9 Å². The van der Waals surface area contributed by atoms with Gasteiger partial charge in [-0.1, -0.05) is 57.3 Å². The van der Waals surface area contributed by atoms with Gasteiger partial charge in [-0.25, -0.2) is 0 Å². The Bertz CT molecular complexity index is 592. The molecular formula is C15H14BrCl2NS. The van der Waals surface area contributed by atoms with E-state index in [1.165, 1.54) is 0 Å². The average Bonchev–Trinajstić information content (AvgIpc) is 2.44. The standard InChI is InChI=1S/C15H14BrCl2NS/c16-7-8-20-15(11-3-1-2-4-13(11)18)12-9-10(17)5-6-14(12)19/h1-6,9,15H,7-8,19H2. The van der Waals surface area contributed by atoms with Gasteiger partial charge in [-0.05, 0) is 35.4 Å². The second-order valence-electron chi connectivity index (χ2n) is 4.23. The maximum atomic E-state index is 6.34. The number of thioether (sulfide) groups is 1. The summed E-state index contributed by atoms with van der Waals surface area (Å²) in [6.45, 7) is 0. The minimum Gasteiger partial charge on any atom is -0.398 e. The zero-order valence-electron chi connectivity index (χ0n) is 10.7. The van der Waals surface area contributed by atoms with Gasteiger partial charge in [0, 0.05) is 26.8 Å². The number of halogens is 3. The Labute approximate surface area is 142 Å². The number of nitrogen functional groups attached to an aromatic ring is 1. The van der Waals surface area contributed by atoms with Crippen LogP contribution in [0.1, 0.15) is 16.4 Å². The molecule has 0 heterocycles. The molecule has 2 rings (SSSR count). The van der Waals surface area contributed by atoms with Crippen LogP contribution in [0, 0.1) is 0 Å². The molecule has 5 heteroatoms. The molecule has 0 saturated carbocycles. The van der Waals surface area contributed by atoms with Gasteiger partial charge in [-0.2, -0.15) is 0 Å². The summed E-state index contributed by atoms with van der Waals surface area (Å²) in [4.78, 5) is 0. The normalized spacial score (nSPS) is 12.3. The van der Waals surface area contributed by atoms with Crippen LogP contribution in [-0.2, 0) is 0 Å². The van der Waals surface area contributed by atoms with E-state index >= 15 is 0 Å². The highest BCUT2D eigenvalue weighted by molar-refractivity contribution is 9.09. The fourth-order valence-corrected chi connectivity index (χ4v) is 4.11. The zero-order chi connectivity index (χ0) is 14.5. The van der Waals surface area contributed by atoms with Crippen LogP contribution in [0.15, 0.2) is 42.5 Å². The number of rotatable bonds is 5. The molecule has 2 aromatic rings. The number of benzene rings is 2. The highest BCUT2D eigenvalue weighted by Crippen LogP contribution is 2.42. The summed E-state index contributed by atoms with van der Waals surface area (Å²) in [6, 6.07) is 13.4. The Morgan fingerprint density at radius 3 is 2.55 bits per heavy atom. The van der Waals surface area contributed by atoms with Crippen molar-refractivity contribution in [3.63, 3.8) is 0 Å². The Morgan fingerprint density at radius 2 is 1.85 bits per heavy atom. The fourth-order valence-electron chi connectivity index (χ4n) is 1.97. The van der Waals surface area contributed by atoms with Crippen molar-refractivity contribution in [2.45, 2.75) is 5.25 Å². The molecule has 0 saturated heterocycles. The van der Waals surface area contributed by atoms with Gasteiger partial charge in [-0.15, -0.1) is 11.8 Å². The summed E-state index contributed by atoms with van der Waals surface area (Å²) >= 11 is 17.7. The van der Waals surface area contributed by atoms with Crippen LogP contribution < -0.4 is 5.73 Å². The van der Waals surface area contributed by atoms with Crippen LogP contribution in [0.5, 0.6) is 0 Å². The van der Waals surface area contributed by atoms with Crippen molar-refractivity contribution in [1.29, 1.82) is 0 Å². The summed E-state index contributed by atoms with van der Waals surface area (Å²) in [5.74, 6) is 0.960. The van der Waals surface area contributed by atoms with Crippen molar-refractivity contribution in [2.24, 2.45) is 0 Å². The third kappa shape index (κ3) is 3.85. The van der Waals surface area contributed by atoms with E-state index in [1.54, 1.807) is 17.8 Å². The number of nitrogens with two attached hydrogens (primary N) is 1. The molecule has 0 aliphatic heterocycles. The molecule has 0 aromatic heterocycles. The van der Waals surface area contributed by atoms with Gasteiger partial charge in [-0.3, -0.25) is 0 Å². The summed E-state index contributed by atoms with van der Waals surface area (Å²) < 4.78 is 0. The number of hydrogen-bond acceptors (Lipinski definition) is 2. The second-order valence-corrected chi connectivity index (χ2v) is 7.08. The van der Waals surface area contributed by atoms with Crippen LogP contribution in [0.4, 0.5) is 5.69 Å². The highest BCUT2D eigenvalue weighted by atomic mass is 79.9. The monoisotopic (exact) mass is 389 g/mol. The molecule has 0 bridgehead atoms. The summed E-state index contributed by atoms with van der Waals surface area (Å²) in [6.07, 6.45) is 0. The van der Waals surface area contributed by atoms with Gasteiger partial charge in [0.2, 0.25) is 0 Å². The lowest BCUT2D eigenvalue weighted by Gasteiger charge is -2.20. The summed E-state index contributed by atoms with van der Waals surface area (Å²) in [7, 11) is 0. The summed E-state index contributed by atoms with van der Waals surface area (Å²) in [5.41, 5.74) is 8.93. The fraction of sp³-hybridized carbons (Fsp3) is 0.200. The highest BCUT2D eigenvalue weighted by Gasteiger charge is 2.19. The molecule has 0 aliphatic rings. The van der Waals surface area contributed by atoms with Crippen molar-refractivity contribution in [2.75, 3.05) is 16.8 Å². The molecule has 106 valence electrons. The van der Waals surface area contributed by atoms with Crippen molar-refractivity contribution < 1.29 is 0 Å². The van der Waals surface area contributed by atoms with Crippen LogP contribution in [0.25, 0.3) is 0 Å². The molecule has 20 heavy (non-hydrogen) atoms. The van der Waals surface area contributed by atoms with E-state index < -0.39 is 0 Å². The van der Waals surface area contributed by atoms with Crippen molar-refractivity contribution in [3.8, 4) is 0 Å². The van der Waals surface area contributed by atoms with E-state index in [2.05, 4.69) is 15.9 Å². The molecule has 0 spiro atoms. The largest absolute Gasteiger partial charge is 0.398 e. The van der Waals surface area contributed by atoms with Gasteiger partial charge >= 0.3 is 0 Å². The van der Waals surface area contributed by atoms with Gasteiger partial charge in [0.1, 0.15) is 0 Å². The minimum atomic E-state index is 0.0833. The van der Waals surface area contributed by atoms with E-state index in [9.17, 15) is 0 Å². The first-order chi connectivity index (χ1) is 9.63. The first-order valence-corrected chi connectivity index (χ1v) is 9.03. The van der Waals surface area contributed by atoms with Gasteiger partial charge in [0.25, 0.3) is 0 Å². The SMILES string of the molecule is Nc1ccc(Cl)cc1C(SCCBr)c1ccccc1Cl. The van der Waals surface area contributed by atoms with E-state index in [-0.39, 0.29) is 5.25 Å². The van der Waals surface area contributed by atoms with Gasteiger partial charge < -0.3 is 5.73 Å². The zero-order valence-corrected chi connectivity index (χ0v) is 14.6. The van der Waals surface area contributed by atoms with E-state index in [0.717, 1.165) is 32.9 Å². The van der Waals surface area contributed by atoms with Gasteiger partial charge in [0.05, 0.1) is 5.25 Å². The Hall–Kier alpha value is -0.350.